The number of aromatic nitrogens is 3. The second-order valence-electron chi connectivity index (χ2n) is 5.72. The van der Waals surface area contributed by atoms with Crippen molar-refractivity contribution in [2.75, 3.05) is 11.9 Å². The molecule has 11 heteroatoms. The molecule has 0 aliphatic heterocycles. The maximum absolute atomic E-state index is 13.8. The molecular formula is C16H16F2N4O3S2. The first-order chi connectivity index (χ1) is 12.9. The van der Waals surface area contributed by atoms with Gasteiger partial charge in [-0.15, -0.1) is 0 Å². The predicted octanol–water partition coefficient (Wildman–Crippen LogP) is 2.10. The van der Waals surface area contributed by atoms with Crippen LogP contribution in [-0.4, -0.2) is 43.9 Å². The van der Waals surface area contributed by atoms with Gasteiger partial charge in [0.05, 0.1) is 18.8 Å². The molecule has 1 aromatic carbocycles. The van der Waals surface area contributed by atoms with Crippen LogP contribution < -0.4 is 10.2 Å². The first-order valence-electron chi connectivity index (χ1n) is 7.91. The molecule has 2 heterocycles. The van der Waals surface area contributed by atoms with E-state index in [1.165, 1.54) is 19.1 Å². The lowest BCUT2D eigenvalue weighted by Gasteiger charge is -2.20. The lowest BCUT2D eigenvalue weighted by atomic mass is 10.2. The minimum absolute atomic E-state index is 0.0861. The zero-order valence-corrected chi connectivity index (χ0v) is 15.7. The van der Waals surface area contributed by atoms with Crippen LogP contribution in [0.15, 0.2) is 28.2 Å². The van der Waals surface area contributed by atoms with Gasteiger partial charge in [0, 0.05) is 11.3 Å². The average Bonchev–Trinajstić information content (AvgIpc) is 3.00. The van der Waals surface area contributed by atoms with Gasteiger partial charge in [0.25, 0.3) is 0 Å². The molecule has 0 amide bonds. The molecule has 27 heavy (non-hydrogen) atoms. The number of anilines is 1. The fraction of sp³-hybridized carbons (Fsp3) is 0.312. The summed E-state index contributed by atoms with van der Waals surface area (Å²) in [5, 5.41) is 22.2. The van der Waals surface area contributed by atoms with E-state index in [0.717, 1.165) is 29.2 Å². The number of aliphatic hydroxyl groups excluding tert-OH is 2. The topological polar surface area (TPSA) is 111 Å². The highest BCUT2D eigenvalue weighted by Crippen LogP contribution is 2.28. The van der Waals surface area contributed by atoms with E-state index in [9.17, 15) is 23.8 Å². The average molecular weight is 414 g/mol. The van der Waals surface area contributed by atoms with Gasteiger partial charge in [0.2, 0.25) is 0 Å². The van der Waals surface area contributed by atoms with Gasteiger partial charge in [-0.05, 0) is 13.0 Å². The Balaban J connectivity index is 1.91. The van der Waals surface area contributed by atoms with Crippen molar-refractivity contribution in [3.63, 3.8) is 0 Å². The van der Waals surface area contributed by atoms with Crippen molar-refractivity contribution in [2.24, 2.45) is 0 Å². The predicted molar refractivity (Wildman–Crippen MR) is 100 cm³/mol. The zero-order chi connectivity index (χ0) is 19.6. The molecule has 0 unspecified atom stereocenters. The molecule has 0 aliphatic rings. The Morgan fingerprint density at radius 3 is 2.85 bits per heavy atom. The van der Waals surface area contributed by atoms with Crippen molar-refractivity contribution in [1.29, 1.82) is 0 Å². The summed E-state index contributed by atoms with van der Waals surface area (Å²) in [6, 6.07) is 3.22. The van der Waals surface area contributed by atoms with E-state index in [4.69, 9.17) is 0 Å². The van der Waals surface area contributed by atoms with E-state index in [1.54, 1.807) is 0 Å². The van der Waals surface area contributed by atoms with E-state index < -0.39 is 23.8 Å². The van der Waals surface area contributed by atoms with Gasteiger partial charge in [-0.1, -0.05) is 35.2 Å². The molecule has 0 saturated carbocycles. The summed E-state index contributed by atoms with van der Waals surface area (Å²) in [4.78, 5) is 22.4. The molecule has 0 radical (unpaired) electrons. The quantitative estimate of drug-likeness (QED) is 0.346. The first kappa shape index (κ1) is 19.7. The number of H-pyrrole nitrogens is 1. The summed E-state index contributed by atoms with van der Waals surface area (Å²) >= 11 is 1.96. The summed E-state index contributed by atoms with van der Waals surface area (Å²) < 4.78 is 27.6. The van der Waals surface area contributed by atoms with Crippen LogP contribution in [0.3, 0.4) is 0 Å². The molecular weight excluding hydrogens is 398 g/mol. The number of hydrogen-bond donors (Lipinski definition) is 4. The van der Waals surface area contributed by atoms with Crippen LogP contribution >= 0.6 is 23.1 Å². The molecule has 144 valence electrons. The van der Waals surface area contributed by atoms with E-state index in [0.29, 0.717) is 4.70 Å². The third-order valence-electron chi connectivity index (χ3n) is 3.75. The van der Waals surface area contributed by atoms with Gasteiger partial charge >= 0.3 is 4.87 Å². The molecule has 3 rings (SSSR count). The minimum atomic E-state index is -0.934. The van der Waals surface area contributed by atoms with Crippen molar-refractivity contribution in [2.45, 2.75) is 30.0 Å². The van der Waals surface area contributed by atoms with Crippen molar-refractivity contribution >= 4 is 39.3 Å². The first-order valence-corrected chi connectivity index (χ1v) is 9.71. The Bertz CT molecular complexity index is 1010. The van der Waals surface area contributed by atoms with Crippen molar-refractivity contribution < 1.29 is 19.0 Å². The molecule has 7 nitrogen and oxygen atoms in total. The number of halogens is 2. The summed E-state index contributed by atoms with van der Waals surface area (Å²) in [5.41, 5.74) is 0.446. The second kappa shape index (κ2) is 8.30. The molecule has 4 N–H and O–H groups in total. The van der Waals surface area contributed by atoms with Gasteiger partial charge in [-0.25, -0.2) is 18.7 Å². The normalized spacial score (nSPS) is 13.7. The second-order valence-corrected chi connectivity index (χ2v) is 7.65. The zero-order valence-electron chi connectivity index (χ0n) is 14.1. The maximum atomic E-state index is 13.8. The third kappa shape index (κ3) is 4.43. The van der Waals surface area contributed by atoms with E-state index >= 15 is 0 Å². The number of nitrogens with zero attached hydrogens (tertiary/aromatic N) is 2. The highest BCUT2D eigenvalue weighted by molar-refractivity contribution is 7.98. The number of fused-ring (bicyclic) bond motifs is 1. The molecule has 0 saturated heterocycles. The highest BCUT2D eigenvalue weighted by Gasteiger charge is 2.19. The van der Waals surface area contributed by atoms with Crippen LogP contribution in [0.2, 0.25) is 0 Å². The van der Waals surface area contributed by atoms with Gasteiger partial charge in [0.15, 0.2) is 28.3 Å². The summed E-state index contributed by atoms with van der Waals surface area (Å²) in [5.74, 6) is -1.51. The number of nitrogens with one attached hydrogen (secondary N) is 2. The molecule has 0 fully saturated rings. The Morgan fingerprint density at radius 2 is 2.15 bits per heavy atom. The molecule has 3 aromatic rings. The number of thiazole rings is 1. The highest BCUT2D eigenvalue weighted by atomic mass is 32.2. The molecule has 0 spiro atoms. The minimum Gasteiger partial charge on any atom is -0.394 e. The van der Waals surface area contributed by atoms with Crippen LogP contribution in [0.4, 0.5) is 14.6 Å². The van der Waals surface area contributed by atoms with Crippen LogP contribution in [0.5, 0.6) is 0 Å². The van der Waals surface area contributed by atoms with Crippen LogP contribution in [0.1, 0.15) is 12.5 Å². The number of thioether (sulfide) groups is 1. The summed E-state index contributed by atoms with van der Waals surface area (Å²) in [7, 11) is 0. The molecule has 2 atom stereocenters. The fourth-order valence-electron chi connectivity index (χ4n) is 2.29. The van der Waals surface area contributed by atoms with Gasteiger partial charge in [0.1, 0.15) is 4.70 Å². The summed E-state index contributed by atoms with van der Waals surface area (Å²) in [6.07, 6.45) is -0.867. The number of rotatable bonds is 7. The number of benzene rings is 1. The smallest absolute Gasteiger partial charge is 0.306 e. The van der Waals surface area contributed by atoms with Crippen molar-refractivity contribution in [3.05, 3.63) is 45.1 Å². The Kier molecular flexibility index (Phi) is 6.05. The Hall–Kier alpha value is -2.08. The number of hydrogen-bond acceptors (Lipinski definition) is 8. The third-order valence-corrected chi connectivity index (χ3v) is 5.52. The van der Waals surface area contributed by atoms with Gasteiger partial charge < -0.3 is 15.5 Å². The molecule has 2 aromatic heterocycles. The van der Waals surface area contributed by atoms with Crippen LogP contribution in [0, 0.1) is 11.6 Å². The van der Waals surface area contributed by atoms with Crippen LogP contribution in [-0.2, 0) is 5.75 Å². The Morgan fingerprint density at radius 1 is 1.37 bits per heavy atom. The lowest BCUT2D eigenvalue weighted by Crippen LogP contribution is -2.35. The largest absolute Gasteiger partial charge is 0.394 e. The monoisotopic (exact) mass is 414 g/mol. The van der Waals surface area contributed by atoms with E-state index in [-0.39, 0.29) is 39.4 Å². The fourth-order valence-corrected chi connectivity index (χ4v) is 3.83. The maximum Gasteiger partial charge on any atom is 0.306 e. The van der Waals surface area contributed by atoms with Crippen LogP contribution in [0.25, 0.3) is 10.3 Å². The molecule has 0 aliphatic carbocycles. The van der Waals surface area contributed by atoms with Crippen molar-refractivity contribution in [3.8, 4) is 0 Å². The lowest BCUT2D eigenvalue weighted by molar-refractivity contribution is 0.132. The molecule has 0 bridgehead atoms. The van der Waals surface area contributed by atoms with Gasteiger partial charge in [-0.2, -0.15) is 0 Å². The van der Waals surface area contributed by atoms with Gasteiger partial charge in [-0.3, -0.25) is 9.78 Å². The van der Waals surface area contributed by atoms with E-state index in [1.807, 2.05) is 0 Å². The number of aliphatic hydroxyl groups is 2. The number of aromatic amines is 1. The SMILES string of the molecule is C[C@H](O)[C@H](CO)Nc1nc(SCc2cccc(F)c2F)nc2[nH]c(=O)sc12. The van der Waals surface area contributed by atoms with Crippen molar-refractivity contribution in [1.82, 2.24) is 15.0 Å². The van der Waals surface area contributed by atoms with E-state index in [2.05, 4.69) is 20.3 Å². The Labute approximate surface area is 160 Å². The standard InChI is InChI=1S/C16H16F2N4O3S2/c1-7(24)10(5-23)19-13-12-14(22-16(25)27-12)21-15(20-13)26-6-8-3-2-4-9(17)11(8)18/h2-4,7,10,23-24H,5-6H2,1H3,(H2,19,20,21,22,25)/t7-,10-/m0/s1. The summed E-state index contributed by atoms with van der Waals surface area (Å²) in [6.45, 7) is 1.16.